The van der Waals surface area contributed by atoms with Crippen molar-refractivity contribution in [2.75, 3.05) is 18.4 Å². The minimum absolute atomic E-state index is 0.135. The second-order valence-electron chi connectivity index (χ2n) is 7.20. The van der Waals surface area contributed by atoms with Crippen molar-refractivity contribution in [3.8, 4) is 5.69 Å². The molecule has 156 valence electrons. The quantitative estimate of drug-likeness (QED) is 0.655. The first-order chi connectivity index (χ1) is 14.5. The highest BCUT2D eigenvalue weighted by molar-refractivity contribution is 7.89. The summed E-state index contributed by atoms with van der Waals surface area (Å²) in [6.07, 6.45) is 6.27. The van der Waals surface area contributed by atoms with Gasteiger partial charge in [0.25, 0.3) is 0 Å². The number of hydrogen-bond donors (Lipinski definition) is 1. The van der Waals surface area contributed by atoms with E-state index in [0.717, 1.165) is 24.8 Å². The van der Waals surface area contributed by atoms with E-state index in [0.29, 0.717) is 24.5 Å². The number of carbonyl (C=O) groups is 1. The number of carbonyl (C=O) groups excluding carboxylic acids is 1. The van der Waals surface area contributed by atoms with Gasteiger partial charge in [-0.1, -0.05) is 35.9 Å². The lowest BCUT2D eigenvalue weighted by atomic mass is 10.1. The molecule has 0 atom stereocenters. The van der Waals surface area contributed by atoms with E-state index in [1.54, 1.807) is 51.7 Å². The number of sulfonamides is 1. The lowest BCUT2D eigenvalue weighted by Gasteiger charge is -2.25. The topological polar surface area (TPSA) is 97.2 Å². The van der Waals surface area contributed by atoms with Crippen molar-refractivity contribution in [1.29, 1.82) is 0 Å². The molecule has 4 rings (SSSR count). The Balaban J connectivity index is 1.44. The summed E-state index contributed by atoms with van der Waals surface area (Å²) in [7, 11) is -3.47. The van der Waals surface area contributed by atoms with Crippen molar-refractivity contribution in [2.24, 2.45) is 0 Å². The number of rotatable bonds is 6. The van der Waals surface area contributed by atoms with E-state index in [1.165, 1.54) is 0 Å². The van der Waals surface area contributed by atoms with Crippen molar-refractivity contribution in [2.45, 2.75) is 30.6 Å². The largest absolute Gasteiger partial charge is 0.324 e. The maximum atomic E-state index is 12.7. The van der Waals surface area contributed by atoms with Crippen LogP contribution in [0.15, 0.2) is 65.8 Å². The molecule has 1 amide bonds. The first-order valence-electron chi connectivity index (χ1n) is 9.89. The summed E-state index contributed by atoms with van der Waals surface area (Å²) >= 11 is 0. The first-order valence-corrected chi connectivity index (χ1v) is 11.3. The van der Waals surface area contributed by atoms with Crippen LogP contribution in [0.4, 0.5) is 5.69 Å². The van der Waals surface area contributed by atoms with Gasteiger partial charge in [-0.3, -0.25) is 4.79 Å². The number of anilines is 1. The molecule has 2 aromatic carbocycles. The fourth-order valence-corrected chi connectivity index (χ4v) is 5.05. The Morgan fingerprint density at radius 2 is 1.73 bits per heavy atom. The van der Waals surface area contributed by atoms with Crippen molar-refractivity contribution in [3.63, 3.8) is 0 Å². The summed E-state index contributed by atoms with van der Waals surface area (Å²) < 4.78 is 28.6. The molecule has 0 unspecified atom stereocenters. The predicted octanol–water partition coefficient (Wildman–Crippen LogP) is 2.62. The van der Waals surface area contributed by atoms with Crippen LogP contribution in [0.1, 0.15) is 24.8 Å². The van der Waals surface area contributed by atoms with Gasteiger partial charge in [0.1, 0.15) is 0 Å². The van der Waals surface area contributed by atoms with Gasteiger partial charge >= 0.3 is 0 Å². The maximum absolute atomic E-state index is 12.7. The average molecular weight is 426 g/mol. The van der Waals surface area contributed by atoms with Gasteiger partial charge in [0, 0.05) is 13.1 Å². The van der Waals surface area contributed by atoms with Gasteiger partial charge in [-0.05, 0) is 42.7 Å². The molecule has 2 heterocycles. The summed E-state index contributed by atoms with van der Waals surface area (Å²) in [4.78, 5) is 12.8. The number of benzene rings is 2. The fraction of sp³-hybridized carbons (Fsp3) is 0.286. The second-order valence-corrected chi connectivity index (χ2v) is 9.14. The van der Waals surface area contributed by atoms with Crippen molar-refractivity contribution in [3.05, 3.63) is 66.5 Å². The van der Waals surface area contributed by atoms with E-state index in [4.69, 9.17) is 0 Å². The molecular formula is C21H23N5O3S. The lowest BCUT2D eigenvalue weighted by molar-refractivity contribution is -0.115. The number of aromatic nitrogens is 3. The van der Waals surface area contributed by atoms with Gasteiger partial charge in [0.05, 0.1) is 35.1 Å². The Kier molecular flexibility index (Phi) is 5.91. The van der Waals surface area contributed by atoms with Crippen LogP contribution in [0.3, 0.4) is 0 Å². The lowest BCUT2D eigenvalue weighted by Crippen LogP contribution is -2.35. The molecule has 0 saturated carbocycles. The molecule has 1 saturated heterocycles. The monoisotopic (exact) mass is 425 g/mol. The Hall–Kier alpha value is -3.04. The van der Waals surface area contributed by atoms with Crippen molar-refractivity contribution < 1.29 is 13.2 Å². The number of para-hydroxylation sites is 2. The molecule has 1 aromatic heterocycles. The molecule has 0 spiro atoms. The van der Waals surface area contributed by atoms with Gasteiger partial charge in [0.2, 0.25) is 15.9 Å². The molecule has 8 nitrogen and oxygen atoms in total. The van der Waals surface area contributed by atoms with Gasteiger partial charge in [-0.15, -0.1) is 5.10 Å². The highest BCUT2D eigenvalue weighted by Gasteiger charge is 2.25. The summed E-state index contributed by atoms with van der Waals surface area (Å²) in [6, 6.07) is 13.9. The van der Waals surface area contributed by atoms with Gasteiger partial charge in [0.15, 0.2) is 0 Å². The molecular weight excluding hydrogens is 402 g/mol. The molecule has 1 aliphatic rings. The minimum Gasteiger partial charge on any atom is -0.324 e. The Morgan fingerprint density at radius 1 is 1.00 bits per heavy atom. The number of hydrogen-bond acceptors (Lipinski definition) is 5. The van der Waals surface area contributed by atoms with E-state index in [1.807, 2.05) is 18.2 Å². The Labute approximate surface area is 175 Å². The van der Waals surface area contributed by atoms with Crippen molar-refractivity contribution in [1.82, 2.24) is 19.3 Å². The molecule has 9 heteroatoms. The van der Waals surface area contributed by atoms with Gasteiger partial charge in [-0.2, -0.15) is 4.31 Å². The molecule has 1 aliphatic heterocycles. The molecule has 30 heavy (non-hydrogen) atoms. The smallest absolute Gasteiger partial charge is 0.243 e. The van der Waals surface area contributed by atoms with E-state index in [-0.39, 0.29) is 17.2 Å². The number of nitrogens with one attached hydrogen (secondary N) is 1. The molecule has 3 aromatic rings. The van der Waals surface area contributed by atoms with E-state index < -0.39 is 10.0 Å². The van der Waals surface area contributed by atoms with Crippen LogP contribution in [0, 0.1) is 0 Å². The zero-order valence-corrected chi connectivity index (χ0v) is 17.3. The van der Waals surface area contributed by atoms with Crippen LogP contribution in [0.25, 0.3) is 5.69 Å². The molecule has 0 aliphatic carbocycles. The summed E-state index contributed by atoms with van der Waals surface area (Å²) in [5.74, 6) is -0.200. The second kappa shape index (κ2) is 8.76. The normalized spacial score (nSPS) is 15.1. The third-order valence-corrected chi connectivity index (χ3v) is 7.00. The van der Waals surface area contributed by atoms with Crippen LogP contribution >= 0.6 is 0 Å². The fourth-order valence-electron chi connectivity index (χ4n) is 3.53. The molecule has 1 N–H and O–H groups in total. The summed E-state index contributed by atoms with van der Waals surface area (Å²) in [5, 5.41) is 10.6. The highest BCUT2D eigenvalue weighted by Crippen LogP contribution is 2.22. The molecule has 0 radical (unpaired) electrons. The van der Waals surface area contributed by atoms with E-state index in [9.17, 15) is 13.2 Å². The molecule has 1 fully saturated rings. The van der Waals surface area contributed by atoms with Crippen LogP contribution in [0.2, 0.25) is 0 Å². The van der Waals surface area contributed by atoms with Crippen LogP contribution in [-0.2, 0) is 21.2 Å². The average Bonchev–Trinajstić information content (AvgIpc) is 3.30. The first kappa shape index (κ1) is 20.2. The maximum Gasteiger partial charge on any atom is 0.243 e. The SMILES string of the molecule is O=C(Cc1ccc(S(=O)(=O)N2CCCCC2)cc1)Nc1ccccc1-n1ccnn1. The van der Waals surface area contributed by atoms with Crippen LogP contribution in [-0.4, -0.2) is 46.7 Å². The zero-order valence-electron chi connectivity index (χ0n) is 16.4. The van der Waals surface area contributed by atoms with Crippen LogP contribution < -0.4 is 5.32 Å². The third kappa shape index (κ3) is 4.42. The summed E-state index contributed by atoms with van der Waals surface area (Å²) in [5.41, 5.74) is 2.08. The van der Waals surface area contributed by atoms with Crippen LogP contribution in [0.5, 0.6) is 0 Å². The highest BCUT2D eigenvalue weighted by atomic mass is 32.2. The Morgan fingerprint density at radius 3 is 2.43 bits per heavy atom. The molecule has 0 bridgehead atoms. The summed E-state index contributed by atoms with van der Waals surface area (Å²) in [6.45, 7) is 1.13. The van der Waals surface area contributed by atoms with Gasteiger partial charge < -0.3 is 5.32 Å². The minimum atomic E-state index is -3.47. The Bertz CT molecular complexity index is 1110. The third-order valence-electron chi connectivity index (χ3n) is 5.09. The number of piperidine rings is 1. The number of nitrogens with zero attached hydrogens (tertiary/aromatic N) is 4. The van der Waals surface area contributed by atoms with E-state index in [2.05, 4.69) is 15.6 Å². The standard InChI is InChI=1S/C21H23N5O3S/c27-21(23-19-6-2-3-7-20(19)26-15-12-22-24-26)16-17-8-10-18(11-9-17)30(28,29)25-13-4-1-5-14-25/h2-3,6-12,15H,1,4-5,13-14,16H2,(H,23,27). The zero-order chi connectivity index (χ0) is 21.0. The van der Waals surface area contributed by atoms with Crippen molar-refractivity contribution >= 4 is 21.6 Å². The van der Waals surface area contributed by atoms with E-state index >= 15 is 0 Å². The van der Waals surface area contributed by atoms with Gasteiger partial charge in [-0.25, -0.2) is 13.1 Å². The number of amides is 1. The predicted molar refractivity (Wildman–Crippen MR) is 113 cm³/mol.